The number of aromatic nitrogens is 2. The minimum Gasteiger partial charge on any atom is -0.478 e. The molecule has 4 N–H and O–H groups in total. The number of benzene rings is 1. The molecule has 19 heavy (non-hydrogen) atoms. The van der Waals surface area contributed by atoms with Gasteiger partial charge in [0.05, 0.1) is 17.3 Å². The summed E-state index contributed by atoms with van der Waals surface area (Å²) >= 11 is 0. The zero-order valence-electron chi connectivity index (χ0n) is 9.92. The molecule has 0 saturated heterocycles. The Labute approximate surface area is 108 Å². The molecule has 2 aromatic heterocycles. The molecule has 0 fully saturated rings. The zero-order chi connectivity index (χ0) is 13.4. The van der Waals surface area contributed by atoms with Crippen molar-refractivity contribution >= 4 is 22.7 Å². The molecule has 3 rings (SSSR count). The topological polar surface area (TPSA) is 92.0 Å². The van der Waals surface area contributed by atoms with E-state index in [4.69, 9.17) is 10.8 Å². The Morgan fingerprint density at radius 1 is 1.26 bits per heavy atom. The van der Waals surface area contributed by atoms with Gasteiger partial charge in [-0.3, -0.25) is 0 Å². The van der Waals surface area contributed by atoms with E-state index in [1.807, 2.05) is 6.20 Å². The summed E-state index contributed by atoms with van der Waals surface area (Å²) in [6.45, 7) is 0. The van der Waals surface area contributed by atoms with E-state index in [1.165, 1.54) is 0 Å². The van der Waals surface area contributed by atoms with Gasteiger partial charge in [-0.05, 0) is 23.8 Å². The van der Waals surface area contributed by atoms with E-state index in [0.29, 0.717) is 5.82 Å². The van der Waals surface area contributed by atoms with Crippen molar-refractivity contribution in [3.05, 3.63) is 48.3 Å². The molecule has 94 valence electrons. The Kier molecular flexibility index (Phi) is 2.45. The first-order chi connectivity index (χ1) is 9.15. The van der Waals surface area contributed by atoms with Gasteiger partial charge in [0.25, 0.3) is 0 Å². The molecule has 0 aliphatic carbocycles. The molecule has 5 heteroatoms. The van der Waals surface area contributed by atoms with Crippen LogP contribution in [-0.2, 0) is 0 Å². The number of carboxylic acids is 1. The second-order valence-corrected chi connectivity index (χ2v) is 4.24. The van der Waals surface area contributed by atoms with Crippen LogP contribution < -0.4 is 5.73 Å². The monoisotopic (exact) mass is 253 g/mol. The number of hydrogen-bond acceptors (Lipinski definition) is 3. The molecule has 0 atom stereocenters. The van der Waals surface area contributed by atoms with Gasteiger partial charge >= 0.3 is 5.97 Å². The molecule has 0 spiro atoms. The van der Waals surface area contributed by atoms with Gasteiger partial charge in [0.1, 0.15) is 5.82 Å². The molecule has 1 aromatic carbocycles. The van der Waals surface area contributed by atoms with Gasteiger partial charge in [-0.15, -0.1) is 0 Å². The highest BCUT2D eigenvalue weighted by molar-refractivity contribution is 5.97. The van der Waals surface area contributed by atoms with Gasteiger partial charge in [0, 0.05) is 17.1 Å². The molecule has 0 bridgehead atoms. The van der Waals surface area contributed by atoms with E-state index in [-0.39, 0.29) is 5.56 Å². The lowest BCUT2D eigenvalue weighted by molar-refractivity contribution is 0.0697. The number of nitrogens with one attached hydrogen (secondary N) is 1. The molecule has 2 heterocycles. The second kappa shape index (κ2) is 4.13. The summed E-state index contributed by atoms with van der Waals surface area (Å²) in [5.41, 5.74) is 8.76. The van der Waals surface area contributed by atoms with E-state index >= 15 is 0 Å². The predicted octanol–water partition coefficient (Wildman–Crippen LogP) is 2.51. The fraction of sp³-hybridized carbons (Fsp3) is 0. The number of pyridine rings is 1. The fourth-order valence-electron chi connectivity index (χ4n) is 2.07. The van der Waals surface area contributed by atoms with Gasteiger partial charge < -0.3 is 15.8 Å². The number of aromatic carboxylic acids is 1. The van der Waals surface area contributed by atoms with Gasteiger partial charge in [-0.2, -0.15) is 0 Å². The van der Waals surface area contributed by atoms with Crippen molar-refractivity contribution < 1.29 is 9.90 Å². The first kappa shape index (κ1) is 11.3. The summed E-state index contributed by atoms with van der Waals surface area (Å²) in [7, 11) is 0. The normalized spacial score (nSPS) is 10.7. The van der Waals surface area contributed by atoms with E-state index < -0.39 is 5.97 Å². The van der Waals surface area contributed by atoms with Crippen LogP contribution >= 0.6 is 0 Å². The van der Waals surface area contributed by atoms with Crippen molar-refractivity contribution in [3.8, 4) is 11.1 Å². The third-order valence-electron chi connectivity index (χ3n) is 3.03. The van der Waals surface area contributed by atoms with E-state index in [2.05, 4.69) is 9.97 Å². The molecular weight excluding hydrogens is 242 g/mol. The first-order valence-electron chi connectivity index (χ1n) is 5.71. The van der Waals surface area contributed by atoms with Crippen LogP contribution in [-0.4, -0.2) is 21.0 Å². The maximum atomic E-state index is 10.8. The van der Waals surface area contributed by atoms with Crippen molar-refractivity contribution in [1.29, 1.82) is 0 Å². The minimum absolute atomic E-state index is 0.268. The first-order valence-corrected chi connectivity index (χ1v) is 5.71. The van der Waals surface area contributed by atoms with Crippen molar-refractivity contribution in [1.82, 2.24) is 9.97 Å². The largest absolute Gasteiger partial charge is 0.478 e. The number of H-pyrrole nitrogens is 1. The summed E-state index contributed by atoms with van der Waals surface area (Å²) < 4.78 is 0. The molecule has 0 aliphatic heterocycles. The van der Waals surface area contributed by atoms with Gasteiger partial charge in [0.15, 0.2) is 0 Å². The summed E-state index contributed by atoms with van der Waals surface area (Å²) in [4.78, 5) is 18.0. The Hall–Kier alpha value is -2.82. The van der Waals surface area contributed by atoms with Gasteiger partial charge in [-0.25, -0.2) is 9.78 Å². The maximum absolute atomic E-state index is 10.8. The van der Waals surface area contributed by atoms with Crippen molar-refractivity contribution in [3.63, 3.8) is 0 Å². The van der Waals surface area contributed by atoms with Crippen LogP contribution in [0.15, 0.2) is 42.7 Å². The van der Waals surface area contributed by atoms with Crippen LogP contribution in [0.4, 0.5) is 5.82 Å². The number of hydrogen-bond donors (Lipinski definition) is 3. The predicted molar refractivity (Wildman–Crippen MR) is 72.9 cm³/mol. The summed E-state index contributed by atoms with van der Waals surface area (Å²) in [6.07, 6.45) is 3.54. The van der Waals surface area contributed by atoms with Crippen molar-refractivity contribution in [2.75, 3.05) is 5.73 Å². The van der Waals surface area contributed by atoms with Gasteiger partial charge in [-0.1, -0.05) is 12.1 Å². The summed E-state index contributed by atoms with van der Waals surface area (Å²) in [6, 6.07) is 8.53. The lowest BCUT2D eigenvalue weighted by Gasteiger charge is -2.01. The van der Waals surface area contributed by atoms with Crippen LogP contribution in [0.2, 0.25) is 0 Å². The quantitative estimate of drug-likeness (QED) is 0.654. The number of nitrogens with zero attached hydrogens (tertiary/aromatic N) is 1. The average Bonchev–Trinajstić information content (AvgIpc) is 2.81. The molecular formula is C14H11N3O2. The Bertz CT molecular complexity index is 760. The third kappa shape index (κ3) is 1.91. The number of carbonyl (C=O) groups is 1. The van der Waals surface area contributed by atoms with E-state index in [9.17, 15) is 4.79 Å². The standard InChI is InChI=1S/C14H11N3O2/c15-13-5-10-11(6-16-12(10)7-17-13)8-1-3-9(4-2-8)14(18)19/h1-7,16H,(H2,15,17)(H,18,19). The highest BCUT2D eigenvalue weighted by Crippen LogP contribution is 2.29. The molecule has 0 radical (unpaired) electrons. The van der Waals surface area contributed by atoms with Crippen LogP contribution in [0.25, 0.3) is 22.0 Å². The molecule has 3 aromatic rings. The number of rotatable bonds is 2. The van der Waals surface area contributed by atoms with Crippen molar-refractivity contribution in [2.45, 2.75) is 0 Å². The molecule has 0 unspecified atom stereocenters. The number of nitrogens with two attached hydrogens (primary N) is 1. The lowest BCUT2D eigenvalue weighted by atomic mass is 10.0. The summed E-state index contributed by atoms with van der Waals surface area (Å²) in [5.74, 6) is -0.477. The van der Waals surface area contributed by atoms with Crippen LogP contribution in [0.5, 0.6) is 0 Å². The molecule has 0 aliphatic rings. The molecule has 0 saturated carbocycles. The smallest absolute Gasteiger partial charge is 0.335 e. The van der Waals surface area contributed by atoms with E-state index in [1.54, 1.807) is 36.5 Å². The van der Waals surface area contributed by atoms with Crippen molar-refractivity contribution in [2.24, 2.45) is 0 Å². The minimum atomic E-state index is -0.932. The number of carboxylic acid groups (broad SMARTS) is 1. The molecule has 5 nitrogen and oxygen atoms in total. The third-order valence-corrected chi connectivity index (χ3v) is 3.03. The van der Waals surface area contributed by atoms with Crippen LogP contribution in [0, 0.1) is 0 Å². The van der Waals surface area contributed by atoms with Gasteiger partial charge in [0.2, 0.25) is 0 Å². The highest BCUT2D eigenvalue weighted by atomic mass is 16.4. The maximum Gasteiger partial charge on any atom is 0.335 e. The van der Waals surface area contributed by atoms with E-state index in [0.717, 1.165) is 22.0 Å². The van der Waals surface area contributed by atoms with Crippen LogP contribution in [0.1, 0.15) is 10.4 Å². The number of aromatic amines is 1. The molecule has 0 amide bonds. The fourth-order valence-corrected chi connectivity index (χ4v) is 2.07. The summed E-state index contributed by atoms with van der Waals surface area (Å²) in [5, 5.41) is 9.85. The Morgan fingerprint density at radius 2 is 2.00 bits per heavy atom. The highest BCUT2D eigenvalue weighted by Gasteiger charge is 2.08. The number of anilines is 1. The van der Waals surface area contributed by atoms with Crippen LogP contribution in [0.3, 0.4) is 0 Å². The Balaban J connectivity index is 2.13. The number of fused-ring (bicyclic) bond motifs is 1. The average molecular weight is 253 g/mol. The SMILES string of the molecule is Nc1cc2c(-c3ccc(C(=O)O)cc3)c[nH]c2cn1. The zero-order valence-corrected chi connectivity index (χ0v) is 9.92. The lowest BCUT2D eigenvalue weighted by Crippen LogP contribution is -1.94. The second-order valence-electron chi connectivity index (χ2n) is 4.24. The number of nitrogen functional groups attached to an aromatic ring is 1. The Morgan fingerprint density at radius 3 is 2.68 bits per heavy atom.